The van der Waals surface area contributed by atoms with E-state index in [2.05, 4.69) is 23.0 Å². The van der Waals surface area contributed by atoms with Crippen molar-refractivity contribution >= 4 is 17.4 Å². The molecule has 1 unspecified atom stereocenters. The molecular weight excluding hydrogens is 344 g/mol. The number of aromatic nitrogens is 2. The van der Waals surface area contributed by atoms with Gasteiger partial charge in [0.15, 0.2) is 0 Å². The molecule has 1 aromatic carbocycles. The van der Waals surface area contributed by atoms with Crippen molar-refractivity contribution in [3.8, 4) is 5.75 Å². The van der Waals surface area contributed by atoms with E-state index in [1.807, 2.05) is 60.1 Å². The molecule has 0 N–H and O–H groups in total. The Morgan fingerprint density at radius 2 is 2.04 bits per heavy atom. The van der Waals surface area contributed by atoms with Gasteiger partial charge in [-0.25, -0.2) is 4.98 Å². The van der Waals surface area contributed by atoms with Crippen LogP contribution in [0.5, 0.6) is 5.75 Å². The number of ether oxygens (including phenoxy) is 2. The van der Waals surface area contributed by atoms with Gasteiger partial charge in [-0.05, 0) is 48.4 Å². The fourth-order valence-corrected chi connectivity index (χ4v) is 3.78. The van der Waals surface area contributed by atoms with E-state index >= 15 is 0 Å². The van der Waals surface area contributed by atoms with Crippen LogP contribution in [-0.4, -0.2) is 23.7 Å². The number of thiazole rings is 1. The highest BCUT2D eigenvalue weighted by molar-refractivity contribution is 7.09. The first-order valence-electron chi connectivity index (χ1n) is 8.54. The third-order valence-electron chi connectivity index (χ3n) is 4.25. The Morgan fingerprint density at radius 1 is 1.12 bits per heavy atom. The second kappa shape index (κ2) is 8.74. The normalized spacial score (nSPS) is 13.6. The van der Waals surface area contributed by atoms with E-state index in [1.165, 1.54) is 0 Å². The molecule has 0 bridgehead atoms. The van der Waals surface area contributed by atoms with Crippen LogP contribution in [0.25, 0.3) is 6.08 Å². The first-order chi connectivity index (χ1) is 12.8. The summed E-state index contributed by atoms with van der Waals surface area (Å²) in [6.45, 7) is 2.58. The third kappa shape index (κ3) is 4.00. The van der Waals surface area contributed by atoms with Crippen LogP contribution in [0.4, 0.5) is 0 Å². The van der Waals surface area contributed by atoms with Crippen molar-refractivity contribution in [3.63, 3.8) is 0 Å². The topological polar surface area (TPSA) is 44.2 Å². The second-order valence-corrected chi connectivity index (χ2v) is 6.61. The van der Waals surface area contributed by atoms with Crippen molar-refractivity contribution in [3.05, 3.63) is 82.6 Å². The highest BCUT2D eigenvalue weighted by Crippen LogP contribution is 2.38. The summed E-state index contributed by atoms with van der Waals surface area (Å²) in [6, 6.07) is 13.9. The zero-order chi connectivity index (χ0) is 18.2. The average molecular weight is 366 g/mol. The first-order valence-corrected chi connectivity index (χ1v) is 9.42. The van der Waals surface area contributed by atoms with Gasteiger partial charge in [-0.3, -0.25) is 4.98 Å². The Labute approximate surface area is 158 Å². The largest absolute Gasteiger partial charge is 0.490 e. The average Bonchev–Trinajstić information content (AvgIpc) is 3.23. The maximum atomic E-state index is 5.93. The molecule has 0 aliphatic rings. The van der Waals surface area contributed by atoms with E-state index in [-0.39, 0.29) is 0 Å². The van der Waals surface area contributed by atoms with Gasteiger partial charge >= 0.3 is 0 Å². The lowest BCUT2D eigenvalue weighted by atomic mass is 9.91. The Bertz CT molecular complexity index is 828. The number of benzene rings is 1. The zero-order valence-electron chi connectivity index (χ0n) is 15.0. The van der Waals surface area contributed by atoms with Crippen LogP contribution < -0.4 is 4.74 Å². The van der Waals surface area contributed by atoms with Crippen molar-refractivity contribution in [2.75, 3.05) is 13.7 Å². The minimum absolute atomic E-state index is 0.476. The van der Waals surface area contributed by atoms with E-state index < -0.39 is 5.60 Å². The standard InChI is InChI=1S/C21H22N2O2S/c1-3-21(24-2,20-23-13-15-26-20)17-8-6-11-19(16-17)25-14-7-10-18-9-4-5-12-22-18/h4-13,15-16H,3,14H2,1-2H3/b10-7+. The molecule has 0 radical (unpaired) electrons. The molecular formula is C21H22N2O2S. The number of methoxy groups -OCH3 is 1. The summed E-state index contributed by atoms with van der Waals surface area (Å²) in [5, 5.41) is 2.93. The molecule has 0 saturated heterocycles. The van der Waals surface area contributed by atoms with Gasteiger partial charge in [0.25, 0.3) is 0 Å². The summed E-state index contributed by atoms with van der Waals surface area (Å²) in [4.78, 5) is 8.74. The molecule has 1 atom stereocenters. The Balaban J connectivity index is 1.74. The van der Waals surface area contributed by atoms with Crippen molar-refractivity contribution in [1.82, 2.24) is 9.97 Å². The van der Waals surface area contributed by atoms with Gasteiger partial charge in [-0.1, -0.05) is 25.1 Å². The monoisotopic (exact) mass is 366 g/mol. The summed E-state index contributed by atoms with van der Waals surface area (Å²) in [5.74, 6) is 0.805. The van der Waals surface area contributed by atoms with Crippen LogP contribution in [0.15, 0.2) is 66.3 Å². The molecule has 3 aromatic rings. The summed E-state index contributed by atoms with van der Waals surface area (Å²) in [7, 11) is 1.73. The summed E-state index contributed by atoms with van der Waals surface area (Å²) in [5.41, 5.74) is 1.42. The lowest BCUT2D eigenvalue weighted by Crippen LogP contribution is -2.29. The maximum absolute atomic E-state index is 5.93. The molecule has 134 valence electrons. The van der Waals surface area contributed by atoms with Crippen molar-refractivity contribution in [1.29, 1.82) is 0 Å². The van der Waals surface area contributed by atoms with Crippen LogP contribution >= 0.6 is 11.3 Å². The van der Waals surface area contributed by atoms with Crippen LogP contribution in [0.2, 0.25) is 0 Å². The summed E-state index contributed by atoms with van der Waals surface area (Å²) < 4.78 is 11.8. The number of pyridine rings is 1. The highest BCUT2D eigenvalue weighted by atomic mass is 32.1. The molecule has 5 heteroatoms. The fourth-order valence-electron chi connectivity index (χ4n) is 2.88. The lowest BCUT2D eigenvalue weighted by Gasteiger charge is -2.30. The molecule has 0 aliphatic carbocycles. The van der Waals surface area contributed by atoms with E-state index in [4.69, 9.17) is 9.47 Å². The lowest BCUT2D eigenvalue weighted by molar-refractivity contribution is 0.0182. The van der Waals surface area contributed by atoms with Crippen LogP contribution in [0.3, 0.4) is 0 Å². The summed E-state index contributed by atoms with van der Waals surface area (Å²) in [6.07, 6.45) is 8.29. The fraction of sp³-hybridized carbons (Fsp3) is 0.238. The molecule has 4 nitrogen and oxygen atoms in total. The van der Waals surface area contributed by atoms with Crippen LogP contribution in [0.1, 0.15) is 29.6 Å². The van der Waals surface area contributed by atoms with Crippen molar-refractivity contribution < 1.29 is 9.47 Å². The highest BCUT2D eigenvalue weighted by Gasteiger charge is 2.35. The molecule has 2 aromatic heterocycles. The Kier molecular flexibility index (Phi) is 6.15. The number of nitrogens with zero attached hydrogens (tertiary/aromatic N) is 2. The smallest absolute Gasteiger partial charge is 0.144 e. The quantitative estimate of drug-likeness (QED) is 0.567. The van der Waals surface area contributed by atoms with Crippen LogP contribution in [-0.2, 0) is 10.3 Å². The van der Waals surface area contributed by atoms with E-state index in [1.54, 1.807) is 24.6 Å². The molecule has 3 rings (SSSR count). The molecule has 0 fully saturated rings. The van der Waals surface area contributed by atoms with Gasteiger partial charge in [0.1, 0.15) is 23.0 Å². The predicted octanol–water partition coefficient (Wildman–Crippen LogP) is 4.93. The van der Waals surface area contributed by atoms with Crippen molar-refractivity contribution in [2.24, 2.45) is 0 Å². The minimum atomic E-state index is -0.544. The minimum Gasteiger partial charge on any atom is -0.490 e. The first kappa shape index (κ1) is 18.3. The number of hydrogen-bond donors (Lipinski definition) is 0. The van der Waals surface area contributed by atoms with Gasteiger partial charge < -0.3 is 9.47 Å². The maximum Gasteiger partial charge on any atom is 0.144 e. The Morgan fingerprint density at radius 3 is 2.73 bits per heavy atom. The molecule has 0 aliphatic heterocycles. The summed E-state index contributed by atoms with van der Waals surface area (Å²) >= 11 is 1.60. The van der Waals surface area contributed by atoms with E-state index in [0.29, 0.717) is 6.61 Å². The van der Waals surface area contributed by atoms with Gasteiger partial charge in [-0.15, -0.1) is 11.3 Å². The Hall–Kier alpha value is -2.50. The van der Waals surface area contributed by atoms with Gasteiger partial charge in [0.05, 0.1) is 5.69 Å². The molecule has 2 heterocycles. The van der Waals surface area contributed by atoms with E-state index in [0.717, 1.165) is 28.4 Å². The molecule has 0 amide bonds. The van der Waals surface area contributed by atoms with Crippen LogP contribution in [0, 0.1) is 0 Å². The number of rotatable bonds is 8. The molecule has 0 saturated carbocycles. The molecule has 26 heavy (non-hydrogen) atoms. The SMILES string of the molecule is CCC(OC)(c1cccc(OC/C=C/c2ccccn2)c1)c1nccs1. The predicted molar refractivity (Wildman–Crippen MR) is 105 cm³/mol. The van der Waals surface area contributed by atoms with Crippen molar-refractivity contribution in [2.45, 2.75) is 18.9 Å². The second-order valence-electron chi connectivity index (χ2n) is 5.72. The van der Waals surface area contributed by atoms with Gasteiger partial charge in [-0.2, -0.15) is 0 Å². The molecule has 0 spiro atoms. The van der Waals surface area contributed by atoms with E-state index in [9.17, 15) is 0 Å². The van der Waals surface area contributed by atoms with Gasteiger partial charge in [0, 0.05) is 24.9 Å². The van der Waals surface area contributed by atoms with Gasteiger partial charge in [0.2, 0.25) is 0 Å². The number of hydrogen-bond acceptors (Lipinski definition) is 5. The zero-order valence-corrected chi connectivity index (χ0v) is 15.8. The third-order valence-corrected chi connectivity index (χ3v) is 5.16.